The molecule has 0 atom stereocenters. The van der Waals surface area contributed by atoms with Crippen LogP contribution in [0.1, 0.15) is 29.7 Å². The Kier molecular flexibility index (Phi) is 7.27. The Morgan fingerprint density at radius 1 is 0.941 bits per heavy atom. The van der Waals surface area contributed by atoms with Gasteiger partial charge in [0, 0.05) is 60.5 Å². The van der Waals surface area contributed by atoms with E-state index in [1.807, 2.05) is 49.4 Å². The third-order valence-electron chi connectivity index (χ3n) is 6.35. The van der Waals surface area contributed by atoms with E-state index in [0.29, 0.717) is 16.6 Å². The fraction of sp³-hybridized carbons (Fsp3) is 0.400. The third-order valence-corrected chi connectivity index (χ3v) is 6.91. The summed E-state index contributed by atoms with van der Waals surface area (Å²) >= 11 is 13.0. The van der Waals surface area contributed by atoms with Gasteiger partial charge in [-0.3, -0.25) is 19.4 Å². The van der Waals surface area contributed by atoms with Gasteiger partial charge in [-0.2, -0.15) is 0 Å². The molecule has 1 fully saturated rings. The van der Waals surface area contributed by atoms with Crippen LogP contribution in [-0.2, 0) is 17.8 Å². The molecular formula is C25H28Cl2N6O. The molecular weight excluding hydrogens is 471 g/mol. The molecule has 2 aliphatic rings. The Morgan fingerprint density at radius 3 is 2.53 bits per heavy atom. The van der Waals surface area contributed by atoms with Gasteiger partial charge in [0.15, 0.2) is 11.6 Å². The summed E-state index contributed by atoms with van der Waals surface area (Å²) < 4.78 is 7.65. The molecule has 3 aromatic rings. The highest BCUT2D eigenvalue weighted by molar-refractivity contribution is 6.36. The van der Waals surface area contributed by atoms with Crippen LogP contribution in [0.25, 0.3) is 5.69 Å². The molecule has 0 amide bonds. The predicted molar refractivity (Wildman–Crippen MR) is 135 cm³/mol. The van der Waals surface area contributed by atoms with Crippen LogP contribution in [0.3, 0.4) is 0 Å². The first kappa shape index (κ1) is 23.5. The van der Waals surface area contributed by atoms with E-state index < -0.39 is 0 Å². The Labute approximate surface area is 210 Å². The summed E-state index contributed by atoms with van der Waals surface area (Å²) in [4.78, 5) is 9.79. The van der Waals surface area contributed by atoms with Crippen molar-refractivity contribution < 1.29 is 4.74 Å². The van der Waals surface area contributed by atoms with Crippen LogP contribution in [0, 0.1) is 0 Å². The first-order chi connectivity index (χ1) is 16.6. The summed E-state index contributed by atoms with van der Waals surface area (Å²) in [5.41, 5.74) is 3.62. The van der Waals surface area contributed by atoms with Crippen molar-refractivity contribution in [3.8, 4) is 5.69 Å². The monoisotopic (exact) mass is 498 g/mol. The fourth-order valence-corrected chi connectivity index (χ4v) is 4.95. The molecule has 0 N–H and O–H groups in total. The summed E-state index contributed by atoms with van der Waals surface area (Å²) in [7, 11) is 0. The number of halogens is 2. The van der Waals surface area contributed by atoms with Crippen LogP contribution in [-0.4, -0.2) is 76.2 Å². The third kappa shape index (κ3) is 4.90. The lowest BCUT2D eigenvalue weighted by Gasteiger charge is -2.34. The minimum atomic E-state index is 0.422. The Hall–Kier alpha value is -2.29. The largest absolute Gasteiger partial charge is 0.380 e. The molecule has 0 aliphatic carbocycles. The molecule has 0 radical (unpaired) electrons. The highest BCUT2D eigenvalue weighted by Gasteiger charge is 2.26. The van der Waals surface area contributed by atoms with Crippen LogP contribution < -0.4 is 0 Å². The van der Waals surface area contributed by atoms with E-state index in [9.17, 15) is 0 Å². The lowest BCUT2D eigenvalue weighted by atomic mass is 10.0. The predicted octanol–water partition coefficient (Wildman–Crippen LogP) is 4.08. The molecule has 178 valence electrons. The van der Waals surface area contributed by atoms with Gasteiger partial charge in [0.2, 0.25) is 0 Å². The number of benzene rings is 2. The maximum Gasteiger partial charge on any atom is 0.159 e. The van der Waals surface area contributed by atoms with Crippen LogP contribution in [0.2, 0.25) is 10.0 Å². The number of aromatic nitrogens is 3. The summed E-state index contributed by atoms with van der Waals surface area (Å²) in [6, 6.07) is 13.6. The van der Waals surface area contributed by atoms with E-state index in [1.54, 1.807) is 0 Å². The molecule has 34 heavy (non-hydrogen) atoms. The van der Waals surface area contributed by atoms with Crippen molar-refractivity contribution in [3.05, 3.63) is 75.3 Å². The van der Waals surface area contributed by atoms with Crippen LogP contribution in [0.4, 0.5) is 0 Å². The van der Waals surface area contributed by atoms with Crippen molar-refractivity contribution in [3.63, 3.8) is 0 Å². The molecule has 7 nitrogen and oxygen atoms in total. The van der Waals surface area contributed by atoms with E-state index in [-0.39, 0.29) is 0 Å². The molecule has 0 bridgehead atoms. The van der Waals surface area contributed by atoms with Crippen molar-refractivity contribution in [2.75, 3.05) is 45.9 Å². The number of rotatable bonds is 7. The first-order valence-corrected chi connectivity index (χ1v) is 12.4. The molecule has 2 aromatic carbocycles. The van der Waals surface area contributed by atoms with Gasteiger partial charge in [0.1, 0.15) is 6.54 Å². The quantitative estimate of drug-likeness (QED) is 0.459. The number of hydrogen-bond donors (Lipinski definition) is 0. The van der Waals surface area contributed by atoms with Crippen LogP contribution >= 0.6 is 23.2 Å². The first-order valence-electron chi connectivity index (χ1n) is 11.7. The number of hydrogen-bond acceptors (Lipinski definition) is 6. The maximum atomic E-state index is 6.55. The minimum absolute atomic E-state index is 0.422. The van der Waals surface area contributed by atoms with Gasteiger partial charge in [-0.25, -0.2) is 0 Å². The van der Waals surface area contributed by atoms with Crippen LogP contribution in [0.5, 0.6) is 0 Å². The van der Waals surface area contributed by atoms with Gasteiger partial charge in [0.25, 0.3) is 0 Å². The Bertz CT molecular complexity index is 1190. The summed E-state index contributed by atoms with van der Waals surface area (Å²) in [6.07, 6.45) is 0. The lowest BCUT2D eigenvalue weighted by Crippen LogP contribution is -2.47. The maximum absolute atomic E-state index is 6.55. The van der Waals surface area contributed by atoms with Crippen LogP contribution in [0.15, 0.2) is 47.5 Å². The number of fused-ring (bicyclic) bond motifs is 3. The van der Waals surface area contributed by atoms with E-state index in [1.165, 1.54) is 0 Å². The van der Waals surface area contributed by atoms with E-state index in [2.05, 4.69) is 24.6 Å². The Balaban J connectivity index is 1.41. The highest BCUT2D eigenvalue weighted by Crippen LogP contribution is 2.30. The molecule has 3 heterocycles. The lowest BCUT2D eigenvalue weighted by molar-refractivity contribution is 0.0776. The summed E-state index contributed by atoms with van der Waals surface area (Å²) in [6.45, 7) is 9.77. The number of aliphatic imine (C=N–C) groups is 1. The summed E-state index contributed by atoms with van der Waals surface area (Å²) in [5.74, 6) is 1.73. The molecule has 5 rings (SSSR count). The number of ether oxygens (including phenoxy) is 1. The van der Waals surface area contributed by atoms with Gasteiger partial charge in [-0.05, 0) is 31.2 Å². The fourth-order valence-electron chi connectivity index (χ4n) is 4.56. The van der Waals surface area contributed by atoms with Gasteiger partial charge < -0.3 is 4.74 Å². The minimum Gasteiger partial charge on any atom is -0.380 e. The topological polar surface area (TPSA) is 58.8 Å². The number of piperazine rings is 1. The Morgan fingerprint density at radius 2 is 1.74 bits per heavy atom. The van der Waals surface area contributed by atoms with Gasteiger partial charge in [0.05, 0.1) is 24.6 Å². The van der Waals surface area contributed by atoms with Crippen molar-refractivity contribution >= 4 is 28.9 Å². The van der Waals surface area contributed by atoms with Crippen molar-refractivity contribution in [1.82, 2.24) is 24.6 Å². The number of nitrogens with zero attached hydrogens (tertiary/aromatic N) is 6. The zero-order valence-electron chi connectivity index (χ0n) is 19.3. The average molecular weight is 499 g/mol. The average Bonchev–Trinajstić information content (AvgIpc) is 3.16. The zero-order valence-corrected chi connectivity index (χ0v) is 20.8. The van der Waals surface area contributed by atoms with Crippen molar-refractivity contribution in [2.24, 2.45) is 4.99 Å². The van der Waals surface area contributed by atoms with E-state index in [0.717, 1.165) is 86.7 Å². The molecule has 0 unspecified atom stereocenters. The van der Waals surface area contributed by atoms with Gasteiger partial charge >= 0.3 is 0 Å². The van der Waals surface area contributed by atoms with Gasteiger partial charge in [-0.15, -0.1) is 10.2 Å². The SMILES string of the molecule is CCOCCN1CCN(Cc2nnc3n2-c2ccc(Cl)cc2C(c2ccccc2Cl)=NC3)CC1. The van der Waals surface area contributed by atoms with Crippen molar-refractivity contribution in [2.45, 2.75) is 20.0 Å². The molecule has 9 heteroatoms. The van der Waals surface area contributed by atoms with E-state index >= 15 is 0 Å². The second kappa shape index (κ2) is 10.5. The van der Waals surface area contributed by atoms with Crippen molar-refractivity contribution in [1.29, 1.82) is 0 Å². The zero-order chi connectivity index (χ0) is 23.5. The molecule has 0 spiro atoms. The molecule has 2 aliphatic heterocycles. The van der Waals surface area contributed by atoms with E-state index in [4.69, 9.17) is 32.9 Å². The van der Waals surface area contributed by atoms with Gasteiger partial charge in [-0.1, -0.05) is 41.4 Å². The summed E-state index contributed by atoms with van der Waals surface area (Å²) in [5, 5.41) is 10.4. The smallest absolute Gasteiger partial charge is 0.159 e. The molecule has 0 saturated carbocycles. The normalized spacial score (nSPS) is 16.6. The second-order valence-corrected chi connectivity index (χ2v) is 9.33. The standard InChI is InChI=1S/C25H28Cl2N6O/c1-2-34-14-13-31-9-11-32(12-10-31)17-24-30-29-23-16-28-25(19-5-3-4-6-21(19)27)20-15-18(26)7-8-22(20)33(23)24/h3-8,15H,2,9-14,16-17H2,1H3. The molecule has 1 aromatic heterocycles. The second-order valence-electron chi connectivity index (χ2n) is 8.49. The highest BCUT2D eigenvalue weighted by atomic mass is 35.5. The molecule has 1 saturated heterocycles.